The third-order valence-corrected chi connectivity index (χ3v) is 6.66. The van der Waals surface area contributed by atoms with Crippen LogP contribution in [0, 0.1) is 0 Å². The van der Waals surface area contributed by atoms with Crippen LogP contribution in [0.2, 0.25) is 0 Å². The molecule has 1 aliphatic carbocycles. The van der Waals surface area contributed by atoms with Gasteiger partial charge in [0.2, 0.25) is 5.91 Å². The summed E-state index contributed by atoms with van der Waals surface area (Å²) < 4.78 is 1.87. The minimum Gasteiger partial charge on any atom is -0.393 e. The van der Waals surface area contributed by atoms with Crippen LogP contribution < -0.4 is 11.1 Å². The third-order valence-electron chi connectivity index (χ3n) is 6.66. The largest absolute Gasteiger partial charge is 0.393 e. The molecule has 1 fully saturated rings. The summed E-state index contributed by atoms with van der Waals surface area (Å²) in [7, 11) is 0. The molecule has 31 heavy (non-hydrogen) atoms. The first kappa shape index (κ1) is 19.8. The maximum atomic E-state index is 12.7. The maximum absolute atomic E-state index is 12.7. The molecule has 0 bridgehead atoms. The van der Waals surface area contributed by atoms with Gasteiger partial charge in [-0.2, -0.15) is 0 Å². The van der Waals surface area contributed by atoms with E-state index in [4.69, 9.17) is 5.73 Å². The lowest BCUT2D eigenvalue weighted by atomic mass is 9.92. The SMILES string of the molecule is NC(=O)c1ccc(-c2c3n(c4ccccc24)C(=O)CCC3)cc1NC1CCC(O)CC1. The molecule has 6 heteroatoms. The number of benzene rings is 2. The molecule has 1 aromatic heterocycles. The number of nitrogens with one attached hydrogen (secondary N) is 1. The smallest absolute Gasteiger partial charge is 0.250 e. The van der Waals surface area contributed by atoms with Crippen LogP contribution >= 0.6 is 0 Å². The molecule has 1 aliphatic heterocycles. The van der Waals surface area contributed by atoms with E-state index in [0.717, 1.165) is 71.9 Å². The molecule has 160 valence electrons. The number of aromatic nitrogens is 1. The third kappa shape index (κ3) is 3.51. The number of hydrogen-bond acceptors (Lipinski definition) is 4. The molecule has 0 spiro atoms. The van der Waals surface area contributed by atoms with Crippen molar-refractivity contribution in [3.63, 3.8) is 0 Å². The van der Waals surface area contributed by atoms with Gasteiger partial charge in [0, 0.05) is 34.8 Å². The number of nitrogens with zero attached hydrogens (tertiary/aromatic N) is 1. The second kappa shape index (κ2) is 7.85. The van der Waals surface area contributed by atoms with E-state index in [1.54, 1.807) is 6.07 Å². The van der Waals surface area contributed by atoms with Gasteiger partial charge >= 0.3 is 0 Å². The Labute approximate surface area is 181 Å². The van der Waals surface area contributed by atoms with Gasteiger partial charge < -0.3 is 16.2 Å². The molecule has 0 radical (unpaired) electrons. The number of carbonyl (C=O) groups is 2. The highest BCUT2D eigenvalue weighted by molar-refractivity contribution is 6.06. The van der Waals surface area contributed by atoms with Crippen LogP contribution in [0.5, 0.6) is 0 Å². The van der Waals surface area contributed by atoms with E-state index >= 15 is 0 Å². The number of hydrogen-bond donors (Lipinski definition) is 3. The number of primary amides is 1. The fourth-order valence-electron chi connectivity index (χ4n) is 5.13. The van der Waals surface area contributed by atoms with E-state index in [-0.39, 0.29) is 18.1 Å². The van der Waals surface area contributed by atoms with Gasteiger partial charge in [-0.15, -0.1) is 0 Å². The number of aliphatic hydroxyl groups is 1. The number of aliphatic hydroxyl groups excluding tert-OH is 1. The van der Waals surface area contributed by atoms with E-state index in [1.807, 2.05) is 34.9 Å². The fraction of sp³-hybridized carbons (Fsp3) is 0.360. The van der Waals surface area contributed by atoms with Crippen LogP contribution in [0.25, 0.3) is 22.0 Å². The van der Waals surface area contributed by atoms with Crippen molar-refractivity contribution in [3.8, 4) is 11.1 Å². The molecule has 4 N–H and O–H groups in total. The zero-order chi connectivity index (χ0) is 21.5. The van der Waals surface area contributed by atoms with Crippen molar-refractivity contribution in [1.29, 1.82) is 0 Å². The first-order valence-electron chi connectivity index (χ1n) is 11.1. The Hall–Kier alpha value is -3.12. The molecule has 1 amide bonds. The molecule has 2 heterocycles. The molecule has 0 saturated heterocycles. The summed E-state index contributed by atoms with van der Waals surface area (Å²) in [4.78, 5) is 24.8. The number of rotatable bonds is 4. The van der Waals surface area contributed by atoms with E-state index in [1.165, 1.54) is 0 Å². The van der Waals surface area contributed by atoms with E-state index in [2.05, 4.69) is 11.4 Å². The van der Waals surface area contributed by atoms with Crippen molar-refractivity contribution < 1.29 is 14.7 Å². The molecule has 2 aromatic carbocycles. The standard InChI is InChI=1S/C25H27N3O3/c26-25(31)18-13-8-15(14-20(18)27-16-9-11-17(29)12-10-16)24-19-4-1-2-5-21(19)28-22(24)6-3-7-23(28)30/h1-2,4-5,8,13-14,16-17,27,29H,3,6-7,9-12H2,(H2,26,31). The number of nitrogens with two attached hydrogens (primary N) is 1. The molecule has 5 rings (SSSR count). The van der Waals surface area contributed by atoms with Crippen molar-refractivity contribution in [3.05, 3.63) is 53.7 Å². The van der Waals surface area contributed by atoms with Gasteiger partial charge in [0.05, 0.1) is 17.2 Å². The van der Waals surface area contributed by atoms with Gasteiger partial charge in [0.1, 0.15) is 0 Å². The van der Waals surface area contributed by atoms with Crippen molar-refractivity contribution in [2.75, 3.05) is 5.32 Å². The minimum atomic E-state index is -0.469. The van der Waals surface area contributed by atoms with Crippen LogP contribution in [0.1, 0.15) is 59.4 Å². The summed E-state index contributed by atoms with van der Waals surface area (Å²) in [6.07, 6.45) is 5.22. The summed E-state index contributed by atoms with van der Waals surface area (Å²) in [6, 6.07) is 13.9. The van der Waals surface area contributed by atoms with E-state index in [0.29, 0.717) is 12.0 Å². The van der Waals surface area contributed by atoms with Crippen molar-refractivity contribution >= 4 is 28.4 Å². The second-order valence-corrected chi connectivity index (χ2v) is 8.70. The Bertz CT molecular complexity index is 1170. The lowest BCUT2D eigenvalue weighted by Crippen LogP contribution is -2.29. The lowest BCUT2D eigenvalue weighted by molar-refractivity contribution is 0.0889. The summed E-state index contributed by atoms with van der Waals surface area (Å²) in [5.41, 5.74) is 10.9. The molecule has 1 saturated carbocycles. The van der Waals surface area contributed by atoms with Crippen LogP contribution in [-0.2, 0) is 6.42 Å². The topological polar surface area (TPSA) is 97.4 Å². The molecule has 0 unspecified atom stereocenters. The van der Waals surface area contributed by atoms with Crippen molar-refractivity contribution in [2.45, 2.75) is 57.1 Å². The quantitative estimate of drug-likeness (QED) is 0.595. The second-order valence-electron chi connectivity index (χ2n) is 8.70. The predicted molar refractivity (Wildman–Crippen MR) is 121 cm³/mol. The highest BCUT2D eigenvalue weighted by Crippen LogP contribution is 2.39. The minimum absolute atomic E-state index is 0.136. The number of amides is 1. The maximum Gasteiger partial charge on any atom is 0.250 e. The Morgan fingerprint density at radius 2 is 1.84 bits per heavy atom. The lowest BCUT2D eigenvalue weighted by Gasteiger charge is -2.28. The molecule has 0 atom stereocenters. The average Bonchev–Trinajstić information content (AvgIpc) is 3.11. The summed E-state index contributed by atoms with van der Waals surface area (Å²) >= 11 is 0. The first-order chi connectivity index (χ1) is 15.0. The zero-order valence-corrected chi connectivity index (χ0v) is 17.4. The van der Waals surface area contributed by atoms with Crippen molar-refractivity contribution in [1.82, 2.24) is 4.57 Å². The fourth-order valence-corrected chi connectivity index (χ4v) is 5.13. The number of para-hydroxylation sites is 1. The number of fused-ring (bicyclic) bond motifs is 3. The highest BCUT2D eigenvalue weighted by atomic mass is 16.3. The Morgan fingerprint density at radius 1 is 1.06 bits per heavy atom. The van der Waals surface area contributed by atoms with Crippen LogP contribution in [0.3, 0.4) is 0 Å². The Kier molecular flexibility index (Phi) is 5.02. The summed E-state index contributed by atoms with van der Waals surface area (Å²) in [5.74, 6) is -0.333. The number of anilines is 1. The van der Waals surface area contributed by atoms with Gasteiger partial charge in [-0.3, -0.25) is 14.2 Å². The molecule has 3 aromatic rings. The summed E-state index contributed by atoms with van der Waals surface area (Å²) in [6.45, 7) is 0. The zero-order valence-electron chi connectivity index (χ0n) is 17.4. The first-order valence-corrected chi connectivity index (χ1v) is 11.1. The molecule has 2 aliphatic rings. The van der Waals surface area contributed by atoms with Gasteiger partial charge in [-0.05, 0) is 62.3 Å². The van der Waals surface area contributed by atoms with Gasteiger partial charge in [0.25, 0.3) is 5.91 Å². The Morgan fingerprint density at radius 3 is 2.61 bits per heavy atom. The average molecular weight is 418 g/mol. The van der Waals surface area contributed by atoms with E-state index in [9.17, 15) is 14.7 Å². The van der Waals surface area contributed by atoms with Crippen LogP contribution in [-0.4, -0.2) is 33.6 Å². The molecule has 6 nitrogen and oxygen atoms in total. The Balaban J connectivity index is 1.62. The summed E-state index contributed by atoms with van der Waals surface area (Å²) in [5, 5.41) is 14.4. The highest BCUT2D eigenvalue weighted by Gasteiger charge is 2.26. The van der Waals surface area contributed by atoms with Gasteiger partial charge in [-0.1, -0.05) is 24.3 Å². The molecular weight excluding hydrogens is 390 g/mol. The van der Waals surface area contributed by atoms with Gasteiger partial charge in [0.15, 0.2) is 0 Å². The monoisotopic (exact) mass is 417 g/mol. The predicted octanol–water partition coefficient (Wildman–Crippen LogP) is 4.10. The van der Waals surface area contributed by atoms with Crippen molar-refractivity contribution in [2.24, 2.45) is 5.73 Å². The van der Waals surface area contributed by atoms with E-state index < -0.39 is 5.91 Å². The van der Waals surface area contributed by atoms with Crippen LogP contribution in [0.15, 0.2) is 42.5 Å². The van der Waals surface area contributed by atoms with Gasteiger partial charge in [-0.25, -0.2) is 0 Å². The normalized spacial score (nSPS) is 21.1. The number of carbonyl (C=O) groups excluding carboxylic acids is 2. The molecular formula is C25H27N3O3. The van der Waals surface area contributed by atoms with Crippen LogP contribution in [0.4, 0.5) is 5.69 Å².